The van der Waals surface area contributed by atoms with Crippen LogP contribution in [0.5, 0.6) is 5.88 Å². The summed E-state index contributed by atoms with van der Waals surface area (Å²) in [5.41, 5.74) is 5.23. The average molecular weight is 217 g/mol. The third kappa shape index (κ3) is 3.12. The molecule has 1 heterocycles. The quantitative estimate of drug-likeness (QED) is 0.797. The fourth-order valence-electron chi connectivity index (χ4n) is 0.920. The summed E-state index contributed by atoms with van der Waals surface area (Å²) in [6, 6.07) is 0. The van der Waals surface area contributed by atoms with Crippen molar-refractivity contribution in [1.29, 1.82) is 0 Å². The molecule has 0 aliphatic heterocycles. The molecule has 15 heavy (non-hydrogen) atoms. The average Bonchev–Trinajstić information content (AvgIpc) is 2.14. The van der Waals surface area contributed by atoms with E-state index in [2.05, 4.69) is 14.7 Å². The Bertz CT molecular complexity index is 371. The lowest BCUT2D eigenvalue weighted by molar-refractivity contribution is 0.0791. The molecule has 82 valence electrons. The number of ether oxygens (including phenoxy) is 1. The zero-order valence-electron chi connectivity index (χ0n) is 7.91. The highest BCUT2D eigenvalue weighted by Crippen LogP contribution is 2.09. The van der Waals surface area contributed by atoms with E-state index >= 15 is 0 Å². The Morgan fingerprint density at radius 1 is 1.67 bits per heavy atom. The van der Waals surface area contributed by atoms with Crippen molar-refractivity contribution in [1.82, 2.24) is 9.97 Å². The fourth-order valence-corrected chi connectivity index (χ4v) is 0.920. The summed E-state index contributed by atoms with van der Waals surface area (Å²) >= 11 is 0. The van der Waals surface area contributed by atoms with Crippen LogP contribution in [0.15, 0.2) is 6.20 Å². The van der Waals surface area contributed by atoms with Gasteiger partial charge >= 0.3 is 0 Å². The number of aromatic nitrogens is 2. The van der Waals surface area contributed by atoms with Crippen LogP contribution in [-0.4, -0.2) is 28.9 Å². The number of nitrogens with zero attached hydrogens (tertiary/aromatic N) is 2. The first-order valence-electron chi connectivity index (χ1n) is 4.05. The molecule has 2 N–H and O–H groups in total. The van der Waals surface area contributed by atoms with Crippen molar-refractivity contribution in [2.24, 2.45) is 5.73 Å². The molecule has 0 aliphatic carbocycles. The van der Waals surface area contributed by atoms with Gasteiger partial charge in [-0.15, -0.1) is 0 Å². The largest absolute Gasteiger partial charge is 0.470 e. The number of alkyl halides is 2. The highest BCUT2D eigenvalue weighted by atomic mass is 19.3. The molecule has 1 aromatic heterocycles. The van der Waals surface area contributed by atoms with Gasteiger partial charge in [0.15, 0.2) is 6.61 Å². The maximum Gasteiger partial charge on any atom is 0.272 e. The number of carbonyl (C=O) groups excluding carboxylic acids is 1. The summed E-state index contributed by atoms with van der Waals surface area (Å²) < 4.78 is 28.2. The number of carbonyl (C=O) groups is 1. The van der Waals surface area contributed by atoms with Crippen molar-refractivity contribution in [2.75, 3.05) is 6.61 Å². The van der Waals surface area contributed by atoms with Crippen molar-refractivity contribution >= 4 is 5.91 Å². The van der Waals surface area contributed by atoms with Crippen LogP contribution >= 0.6 is 0 Å². The molecule has 0 atom stereocenters. The van der Waals surface area contributed by atoms with Gasteiger partial charge in [-0.25, -0.2) is 18.7 Å². The lowest BCUT2D eigenvalue weighted by atomic mass is 10.3. The highest BCUT2D eigenvalue weighted by molar-refractivity contribution is 5.91. The Labute approximate surface area is 84.3 Å². The van der Waals surface area contributed by atoms with Gasteiger partial charge in [-0.3, -0.25) is 4.79 Å². The van der Waals surface area contributed by atoms with E-state index in [1.807, 2.05) is 0 Å². The van der Waals surface area contributed by atoms with Gasteiger partial charge in [0.25, 0.3) is 12.3 Å². The molecule has 1 amide bonds. The van der Waals surface area contributed by atoms with Crippen LogP contribution < -0.4 is 10.5 Å². The van der Waals surface area contributed by atoms with Gasteiger partial charge in [-0.1, -0.05) is 0 Å². The van der Waals surface area contributed by atoms with Gasteiger partial charge < -0.3 is 10.5 Å². The third-order valence-electron chi connectivity index (χ3n) is 1.52. The first-order chi connectivity index (χ1) is 7.00. The summed E-state index contributed by atoms with van der Waals surface area (Å²) in [7, 11) is 0. The Morgan fingerprint density at radius 3 is 2.80 bits per heavy atom. The van der Waals surface area contributed by atoms with Gasteiger partial charge in [0.2, 0.25) is 5.88 Å². The normalized spacial score (nSPS) is 10.4. The number of hydrogen-bond acceptors (Lipinski definition) is 4. The van der Waals surface area contributed by atoms with Crippen molar-refractivity contribution in [3.63, 3.8) is 0 Å². The van der Waals surface area contributed by atoms with Crippen LogP contribution in [0.1, 0.15) is 16.2 Å². The second-order valence-corrected chi connectivity index (χ2v) is 2.71. The van der Waals surface area contributed by atoms with E-state index in [1.165, 1.54) is 6.92 Å². The molecule has 5 nitrogen and oxygen atoms in total. The lowest BCUT2D eigenvalue weighted by Gasteiger charge is -2.05. The van der Waals surface area contributed by atoms with Crippen LogP contribution in [0.25, 0.3) is 0 Å². The Hall–Kier alpha value is -1.79. The van der Waals surface area contributed by atoms with Crippen LogP contribution in [-0.2, 0) is 0 Å². The summed E-state index contributed by atoms with van der Waals surface area (Å²) in [4.78, 5) is 18.2. The second-order valence-electron chi connectivity index (χ2n) is 2.71. The van der Waals surface area contributed by atoms with Gasteiger partial charge in [0.05, 0.1) is 11.9 Å². The van der Waals surface area contributed by atoms with E-state index < -0.39 is 18.9 Å². The van der Waals surface area contributed by atoms with E-state index in [-0.39, 0.29) is 17.3 Å². The predicted molar refractivity (Wildman–Crippen MR) is 46.8 cm³/mol. The zero-order valence-corrected chi connectivity index (χ0v) is 7.91. The molecule has 0 radical (unpaired) electrons. The molecule has 1 rings (SSSR count). The number of halogens is 2. The minimum absolute atomic E-state index is 0.000558. The molecular formula is C8H9F2N3O2. The number of hydrogen-bond donors (Lipinski definition) is 1. The Balaban J connectivity index is 2.78. The maximum absolute atomic E-state index is 11.8. The molecule has 0 spiro atoms. The fraction of sp³-hybridized carbons (Fsp3) is 0.375. The number of primary amides is 1. The van der Waals surface area contributed by atoms with Crippen LogP contribution in [0.4, 0.5) is 8.78 Å². The highest BCUT2D eigenvalue weighted by Gasteiger charge is 2.10. The molecule has 0 saturated heterocycles. The monoisotopic (exact) mass is 217 g/mol. The molecule has 0 unspecified atom stereocenters. The van der Waals surface area contributed by atoms with E-state index in [4.69, 9.17) is 5.73 Å². The number of amides is 1. The predicted octanol–water partition coefficient (Wildman–Crippen LogP) is 0.528. The van der Waals surface area contributed by atoms with E-state index in [0.717, 1.165) is 6.20 Å². The molecule has 0 fully saturated rings. The lowest BCUT2D eigenvalue weighted by Crippen LogP contribution is -2.16. The van der Waals surface area contributed by atoms with Crippen molar-refractivity contribution in [3.05, 3.63) is 17.6 Å². The molecule has 7 heteroatoms. The number of aryl methyl sites for hydroxylation is 1. The molecular weight excluding hydrogens is 208 g/mol. The van der Waals surface area contributed by atoms with Crippen molar-refractivity contribution in [2.45, 2.75) is 13.3 Å². The first kappa shape index (κ1) is 11.3. The minimum atomic E-state index is -2.58. The molecule has 0 aromatic carbocycles. The third-order valence-corrected chi connectivity index (χ3v) is 1.52. The Morgan fingerprint density at radius 2 is 2.33 bits per heavy atom. The number of rotatable bonds is 4. The molecule has 0 saturated carbocycles. The first-order valence-corrected chi connectivity index (χ1v) is 4.05. The molecule has 1 aromatic rings. The van der Waals surface area contributed by atoms with Crippen LogP contribution in [0.3, 0.4) is 0 Å². The van der Waals surface area contributed by atoms with Crippen molar-refractivity contribution in [3.8, 4) is 5.88 Å². The van der Waals surface area contributed by atoms with Crippen LogP contribution in [0, 0.1) is 6.92 Å². The number of nitrogens with two attached hydrogens (primary N) is 1. The second kappa shape index (κ2) is 4.63. The summed E-state index contributed by atoms with van der Waals surface area (Å²) in [6.45, 7) is 0.729. The topological polar surface area (TPSA) is 78.1 Å². The molecule has 0 bridgehead atoms. The SMILES string of the molecule is Cc1nc(OCC(F)F)cnc1C(N)=O. The minimum Gasteiger partial charge on any atom is -0.470 e. The zero-order chi connectivity index (χ0) is 11.4. The van der Waals surface area contributed by atoms with E-state index in [9.17, 15) is 13.6 Å². The van der Waals surface area contributed by atoms with Crippen LogP contribution in [0.2, 0.25) is 0 Å². The van der Waals surface area contributed by atoms with E-state index in [0.29, 0.717) is 0 Å². The standard InChI is InChI=1S/C8H9F2N3O2/c1-4-7(8(11)14)12-2-6(13-4)15-3-5(9)10/h2,5H,3H2,1H3,(H2,11,14). The van der Waals surface area contributed by atoms with Gasteiger partial charge in [-0.2, -0.15) is 0 Å². The van der Waals surface area contributed by atoms with Crippen molar-refractivity contribution < 1.29 is 18.3 Å². The summed E-state index contributed by atoms with van der Waals surface area (Å²) in [6.07, 6.45) is -1.50. The Kier molecular flexibility index (Phi) is 3.48. The van der Waals surface area contributed by atoms with Gasteiger partial charge in [0, 0.05) is 0 Å². The smallest absolute Gasteiger partial charge is 0.272 e. The summed E-state index contributed by atoms with van der Waals surface area (Å²) in [5.74, 6) is -0.779. The van der Waals surface area contributed by atoms with Gasteiger partial charge in [-0.05, 0) is 6.92 Å². The van der Waals surface area contributed by atoms with Gasteiger partial charge in [0.1, 0.15) is 5.69 Å². The summed E-state index contributed by atoms with van der Waals surface area (Å²) in [5, 5.41) is 0. The van der Waals surface area contributed by atoms with E-state index in [1.54, 1.807) is 0 Å². The maximum atomic E-state index is 11.8. The molecule has 0 aliphatic rings.